The van der Waals surface area contributed by atoms with Gasteiger partial charge in [0.05, 0.1) is 11.6 Å². The first-order chi connectivity index (χ1) is 6.94. The first-order valence-electron chi connectivity index (χ1n) is 5.20. The predicted octanol–water partition coefficient (Wildman–Crippen LogP) is 1.66. The molecule has 0 bridgehead atoms. The van der Waals surface area contributed by atoms with Crippen LogP contribution in [0.15, 0.2) is 6.20 Å². The number of rotatable bonds is 3. The van der Waals surface area contributed by atoms with Gasteiger partial charge in [-0.05, 0) is 26.7 Å². The molecule has 0 saturated heterocycles. The van der Waals surface area contributed by atoms with Crippen LogP contribution in [0.25, 0.3) is 0 Å². The van der Waals surface area contributed by atoms with Gasteiger partial charge in [-0.25, -0.2) is 0 Å². The Hall–Kier alpha value is -1.32. The molecule has 0 aromatic carbocycles. The Bertz CT molecular complexity index is 403. The van der Waals surface area contributed by atoms with E-state index < -0.39 is 11.4 Å². The van der Waals surface area contributed by atoms with Crippen molar-refractivity contribution < 1.29 is 9.90 Å². The molecule has 1 heterocycles. The lowest BCUT2D eigenvalue weighted by Crippen LogP contribution is -2.29. The Labute approximate surface area is 88.9 Å². The summed E-state index contributed by atoms with van der Waals surface area (Å²) < 4.78 is 1.82. The van der Waals surface area contributed by atoms with Crippen LogP contribution in [0.2, 0.25) is 0 Å². The average Bonchev–Trinajstić information content (AvgIpc) is 2.89. The van der Waals surface area contributed by atoms with Crippen molar-refractivity contribution in [2.24, 2.45) is 7.05 Å². The smallest absolute Gasteiger partial charge is 0.313 e. The van der Waals surface area contributed by atoms with Gasteiger partial charge in [-0.1, -0.05) is 0 Å². The summed E-state index contributed by atoms with van der Waals surface area (Å²) in [6.45, 7) is 3.47. The summed E-state index contributed by atoms with van der Waals surface area (Å²) in [6.07, 6.45) is 4.01. The lowest BCUT2D eigenvalue weighted by atomic mass is 9.84. The molecule has 1 fully saturated rings. The number of carbonyl (C=O) groups is 1. The molecular formula is C11H16N2O2. The number of aryl methyl sites for hydroxylation is 1. The fraction of sp³-hybridized carbons (Fsp3) is 0.636. The third-order valence-corrected chi connectivity index (χ3v) is 3.16. The lowest BCUT2D eigenvalue weighted by molar-refractivity contribution is -0.142. The van der Waals surface area contributed by atoms with E-state index in [0.29, 0.717) is 5.92 Å². The topological polar surface area (TPSA) is 55.1 Å². The van der Waals surface area contributed by atoms with Crippen LogP contribution < -0.4 is 0 Å². The van der Waals surface area contributed by atoms with Crippen LogP contribution >= 0.6 is 0 Å². The molecule has 0 atom stereocenters. The third kappa shape index (κ3) is 1.54. The normalized spacial score (nSPS) is 16.7. The molecular weight excluding hydrogens is 192 g/mol. The van der Waals surface area contributed by atoms with Crippen molar-refractivity contribution in [1.29, 1.82) is 0 Å². The van der Waals surface area contributed by atoms with Crippen LogP contribution in [0.1, 0.15) is 43.9 Å². The molecule has 0 amide bonds. The molecule has 1 aromatic rings. The standard InChI is InChI=1S/C11H16N2O2/c1-11(2,10(14)15)8-6-12-13(3)9(8)7-4-5-7/h6-7H,4-5H2,1-3H3,(H,14,15). The first kappa shape index (κ1) is 10.2. The van der Waals surface area contributed by atoms with Gasteiger partial charge < -0.3 is 5.11 Å². The largest absolute Gasteiger partial charge is 0.481 e. The second-order valence-electron chi connectivity index (χ2n) is 4.77. The summed E-state index contributed by atoms with van der Waals surface area (Å²) in [5.74, 6) is -0.275. The maximum absolute atomic E-state index is 11.2. The van der Waals surface area contributed by atoms with E-state index >= 15 is 0 Å². The number of aromatic nitrogens is 2. The second kappa shape index (κ2) is 3.08. The molecule has 1 saturated carbocycles. The van der Waals surface area contributed by atoms with Gasteiger partial charge in [0.2, 0.25) is 0 Å². The van der Waals surface area contributed by atoms with Gasteiger partial charge in [0.25, 0.3) is 0 Å². The number of aliphatic carboxylic acids is 1. The van der Waals surface area contributed by atoms with Crippen LogP contribution in [-0.4, -0.2) is 20.9 Å². The van der Waals surface area contributed by atoms with Crippen molar-refractivity contribution in [2.45, 2.75) is 38.0 Å². The molecule has 0 aliphatic heterocycles. The average molecular weight is 208 g/mol. The molecule has 1 aliphatic rings. The van der Waals surface area contributed by atoms with Gasteiger partial charge in [0, 0.05) is 24.2 Å². The molecule has 1 aliphatic carbocycles. The van der Waals surface area contributed by atoms with E-state index in [1.807, 2.05) is 11.7 Å². The number of nitrogens with zero attached hydrogens (tertiary/aromatic N) is 2. The highest BCUT2D eigenvalue weighted by Gasteiger charge is 2.38. The minimum atomic E-state index is -0.841. The van der Waals surface area contributed by atoms with Gasteiger partial charge in [-0.15, -0.1) is 0 Å². The van der Waals surface area contributed by atoms with Crippen molar-refractivity contribution in [3.63, 3.8) is 0 Å². The number of hydrogen-bond donors (Lipinski definition) is 1. The van der Waals surface area contributed by atoms with Crippen LogP contribution in [0.4, 0.5) is 0 Å². The van der Waals surface area contributed by atoms with E-state index in [9.17, 15) is 9.90 Å². The summed E-state index contributed by atoms with van der Waals surface area (Å²) >= 11 is 0. The second-order valence-corrected chi connectivity index (χ2v) is 4.77. The summed E-state index contributed by atoms with van der Waals surface area (Å²) in [6, 6.07) is 0. The van der Waals surface area contributed by atoms with Gasteiger partial charge in [-0.3, -0.25) is 9.48 Å². The zero-order chi connectivity index (χ0) is 11.2. The van der Waals surface area contributed by atoms with Crippen molar-refractivity contribution >= 4 is 5.97 Å². The highest BCUT2D eigenvalue weighted by Crippen LogP contribution is 2.44. The molecule has 4 nitrogen and oxygen atoms in total. The Balaban J connectivity index is 2.47. The van der Waals surface area contributed by atoms with Crippen LogP contribution in [0, 0.1) is 0 Å². The quantitative estimate of drug-likeness (QED) is 0.821. The third-order valence-electron chi connectivity index (χ3n) is 3.16. The lowest BCUT2D eigenvalue weighted by Gasteiger charge is -2.19. The summed E-state index contributed by atoms with van der Waals surface area (Å²) in [4.78, 5) is 11.2. The van der Waals surface area contributed by atoms with E-state index in [4.69, 9.17) is 0 Å². The fourth-order valence-corrected chi connectivity index (χ4v) is 1.88. The fourth-order valence-electron chi connectivity index (χ4n) is 1.88. The van der Waals surface area contributed by atoms with Gasteiger partial charge >= 0.3 is 5.97 Å². The molecule has 15 heavy (non-hydrogen) atoms. The summed E-state index contributed by atoms with van der Waals surface area (Å²) in [5, 5.41) is 13.4. The van der Waals surface area contributed by atoms with E-state index in [-0.39, 0.29) is 0 Å². The van der Waals surface area contributed by atoms with E-state index in [0.717, 1.165) is 24.1 Å². The maximum Gasteiger partial charge on any atom is 0.313 e. The highest BCUT2D eigenvalue weighted by atomic mass is 16.4. The minimum absolute atomic E-state index is 0.520. The first-order valence-corrected chi connectivity index (χ1v) is 5.20. The van der Waals surface area contributed by atoms with Crippen LogP contribution in [0.3, 0.4) is 0 Å². The summed E-state index contributed by atoms with van der Waals surface area (Å²) in [7, 11) is 1.88. The Morgan fingerprint density at radius 2 is 2.20 bits per heavy atom. The summed E-state index contributed by atoms with van der Waals surface area (Å²) in [5.41, 5.74) is 1.12. The number of hydrogen-bond acceptors (Lipinski definition) is 2. The zero-order valence-corrected chi connectivity index (χ0v) is 9.32. The molecule has 2 rings (SSSR count). The molecule has 0 unspecified atom stereocenters. The monoisotopic (exact) mass is 208 g/mol. The predicted molar refractivity (Wildman–Crippen MR) is 55.8 cm³/mol. The Morgan fingerprint density at radius 1 is 1.60 bits per heavy atom. The van der Waals surface area contributed by atoms with Crippen LogP contribution in [0.5, 0.6) is 0 Å². The molecule has 1 N–H and O–H groups in total. The maximum atomic E-state index is 11.2. The van der Waals surface area contributed by atoms with Gasteiger partial charge in [0.15, 0.2) is 0 Å². The Kier molecular flexibility index (Phi) is 2.10. The van der Waals surface area contributed by atoms with Crippen LogP contribution in [-0.2, 0) is 17.3 Å². The number of carboxylic acid groups (broad SMARTS) is 1. The highest BCUT2D eigenvalue weighted by molar-refractivity contribution is 5.80. The van der Waals surface area contributed by atoms with E-state index in [1.165, 1.54) is 0 Å². The molecule has 0 spiro atoms. The minimum Gasteiger partial charge on any atom is -0.481 e. The van der Waals surface area contributed by atoms with E-state index in [2.05, 4.69) is 5.10 Å². The van der Waals surface area contributed by atoms with E-state index in [1.54, 1.807) is 20.0 Å². The SMILES string of the molecule is Cn1ncc(C(C)(C)C(=O)O)c1C1CC1. The van der Waals surface area contributed by atoms with Crippen molar-refractivity contribution in [1.82, 2.24) is 9.78 Å². The zero-order valence-electron chi connectivity index (χ0n) is 9.32. The van der Waals surface area contributed by atoms with Gasteiger partial charge in [0.1, 0.15) is 0 Å². The molecule has 1 aromatic heterocycles. The molecule has 4 heteroatoms. The van der Waals surface area contributed by atoms with Crippen molar-refractivity contribution in [3.05, 3.63) is 17.5 Å². The Morgan fingerprint density at radius 3 is 2.67 bits per heavy atom. The number of carboxylic acids is 1. The van der Waals surface area contributed by atoms with Gasteiger partial charge in [-0.2, -0.15) is 5.10 Å². The molecule has 82 valence electrons. The van der Waals surface area contributed by atoms with Crippen molar-refractivity contribution in [2.75, 3.05) is 0 Å². The molecule has 0 radical (unpaired) electrons. The van der Waals surface area contributed by atoms with Crippen molar-refractivity contribution in [3.8, 4) is 0 Å².